The van der Waals surface area contributed by atoms with Gasteiger partial charge in [0.15, 0.2) is 0 Å². The van der Waals surface area contributed by atoms with Crippen LogP contribution in [0, 0.1) is 13.8 Å². The summed E-state index contributed by atoms with van der Waals surface area (Å²) in [5.74, 6) is 0.00964. The van der Waals surface area contributed by atoms with Crippen molar-refractivity contribution in [3.05, 3.63) is 64.9 Å². The molecule has 0 spiro atoms. The van der Waals surface area contributed by atoms with Crippen molar-refractivity contribution >= 4 is 23.1 Å². The summed E-state index contributed by atoms with van der Waals surface area (Å²) < 4.78 is 5.36. The first-order chi connectivity index (χ1) is 12.5. The molecule has 1 aliphatic rings. The summed E-state index contributed by atoms with van der Waals surface area (Å²) in [6, 6.07) is 13.2. The third kappa shape index (κ3) is 2.96. The Kier molecular flexibility index (Phi) is 4.80. The fourth-order valence-corrected chi connectivity index (χ4v) is 3.21. The number of imide groups is 1. The molecule has 1 aliphatic heterocycles. The van der Waals surface area contributed by atoms with Crippen molar-refractivity contribution in [3.63, 3.8) is 0 Å². The molecule has 5 heteroatoms. The van der Waals surface area contributed by atoms with Crippen molar-refractivity contribution in [3.8, 4) is 5.75 Å². The molecule has 2 amide bonds. The molecule has 3 rings (SSSR count). The average molecular weight is 350 g/mol. The van der Waals surface area contributed by atoms with Gasteiger partial charge in [0, 0.05) is 6.54 Å². The van der Waals surface area contributed by atoms with E-state index in [2.05, 4.69) is 5.32 Å². The van der Waals surface area contributed by atoms with E-state index in [1.807, 2.05) is 50.2 Å². The predicted molar refractivity (Wildman–Crippen MR) is 102 cm³/mol. The number of nitrogens with zero attached hydrogens (tertiary/aromatic N) is 1. The molecular weight excluding hydrogens is 328 g/mol. The number of amides is 2. The Balaban J connectivity index is 2.16. The summed E-state index contributed by atoms with van der Waals surface area (Å²) in [5.41, 5.74) is 4.16. The first-order valence-electron chi connectivity index (χ1n) is 8.56. The van der Waals surface area contributed by atoms with Gasteiger partial charge in [0.2, 0.25) is 0 Å². The summed E-state index contributed by atoms with van der Waals surface area (Å²) in [6.45, 7) is 6.06. The minimum absolute atomic E-state index is 0.276. The lowest BCUT2D eigenvalue weighted by Crippen LogP contribution is -2.32. The molecule has 0 aromatic heterocycles. The highest BCUT2D eigenvalue weighted by molar-refractivity contribution is 6.36. The smallest absolute Gasteiger partial charge is 0.278 e. The summed E-state index contributed by atoms with van der Waals surface area (Å²) in [5, 5.41) is 3.14. The van der Waals surface area contributed by atoms with Crippen molar-refractivity contribution in [2.45, 2.75) is 20.8 Å². The Morgan fingerprint density at radius 1 is 1.04 bits per heavy atom. The zero-order valence-electron chi connectivity index (χ0n) is 15.4. The van der Waals surface area contributed by atoms with Crippen LogP contribution in [-0.4, -0.2) is 30.4 Å². The van der Waals surface area contributed by atoms with Gasteiger partial charge in [-0.15, -0.1) is 0 Å². The van der Waals surface area contributed by atoms with Gasteiger partial charge in [0.1, 0.15) is 11.4 Å². The second kappa shape index (κ2) is 7.04. The van der Waals surface area contributed by atoms with Crippen molar-refractivity contribution in [2.75, 3.05) is 19.0 Å². The van der Waals surface area contributed by atoms with Gasteiger partial charge in [0.25, 0.3) is 11.8 Å². The quantitative estimate of drug-likeness (QED) is 0.838. The van der Waals surface area contributed by atoms with Crippen LogP contribution in [0.15, 0.2) is 48.2 Å². The van der Waals surface area contributed by atoms with Gasteiger partial charge in [-0.25, -0.2) is 0 Å². The SMILES string of the molecule is CCN1C(=O)C(Nc2ccccc2OC)=C(c2ccc(C)cc2C)C1=O. The van der Waals surface area contributed by atoms with Crippen molar-refractivity contribution in [2.24, 2.45) is 0 Å². The van der Waals surface area contributed by atoms with Crippen LogP contribution in [0.3, 0.4) is 0 Å². The molecule has 134 valence electrons. The second-order valence-corrected chi connectivity index (χ2v) is 6.25. The normalized spacial score (nSPS) is 14.2. The number of hydrogen-bond acceptors (Lipinski definition) is 4. The Morgan fingerprint density at radius 2 is 1.77 bits per heavy atom. The summed E-state index contributed by atoms with van der Waals surface area (Å²) in [4.78, 5) is 27.0. The van der Waals surface area contributed by atoms with Gasteiger partial charge in [-0.1, -0.05) is 35.9 Å². The standard InChI is InChI=1S/C21H22N2O3/c1-5-23-20(24)18(15-11-10-13(2)12-14(15)3)19(21(23)25)22-16-8-6-7-9-17(16)26-4/h6-12,22H,5H2,1-4H3. The maximum atomic E-state index is 12.9. The lowest BCUT2D eigenvalue weighted by molar-refractivity contribution is -0.136. The monoisotopic (exact) mass is 350 g/mol. The Labute approximate surface area is 153 Å². The van der Waals surface area contributed by atoms with Crippen LogP contribution in [0.1, 0.15) is 23.6 Å². The zero-order valence-corrected chi connectivity index (χ0v) is 15.4. The Hall–Kier alpha value is -3.08. The Bertz CT molecular complexity index is 915. The molecule has 0 radical (unpaired) electrons. The molecule has 5 nitrogen and oxygen atoms in total. The number of rotatable bonds is 5. The molecule has 26 heavy (non-hydrogen) atoms. The number of benzene rings is 2. The zero-order chi connectivity index (χ0) is 18.8. The number of likely N-dealkylation sites (N-methyl/N-ethyl adjacent to an activating group) is 1. The van der Waals surface area contributed by atoms with E-state index >= 15 is 0 Å². The Morgan fingerprint density at radius 3 is 2.42 bits per heavy atom. The first kappa shape index (κ1) is 17.7. The third-order valence-electron chi connectivity index (χ3n) is 4.50. The van der Waals surface area contributed by atoms with Crippen molar-refractivity contribution < 1.29 is 14.3 Å². The number of hydrogen-bond donors (Lipinski definition) is 1. The fraction of sp³-hybridized carbons (Fsp3) is 0.238. The number of para-hydroxylation sites is 2. The number of anilines is 1. The predicted octanol–water partition coefficient (Wildman–Crippen LogP) is 3.52. The van der Waals surface area contributed by atoms with E-state index in [0.717, 1.165) is 16.7 Å². The molecular formula is C21H22N2O3. The molecule has 0 atom stereocenters. The van der Waals surface area contributed by atoms with Crippen LogP contribution in [-0.2, 0) is 9.59 Å². The minimum Gasteiger partial charge on any atom is -0.495 e. The van der Waals surface area contributed by atoms with Gasteiger partial charge >= 0.3 is 0 Å². The third-order valence-corrected chi connectivity index (χ3v) is 4.50. The first-order valence-corrected chi connectivity index (χ1v) is 8.56. The van der Waals surface area contributed by atoms with Crippen LogP contribution in [0.2, 0.25) is 0 Å². The lowest BCUT2D eigenvalue weighted by Gasteiger charge is -2.13. The van der Waals surface area contributed by atoms with Crippen molar-refractivity contribution in [1.82, 2.24) is 4.90 Å². The van der Waals surface area contributed by atoms with E-state index in [1.54, 1.807) is 20.1 Å². The van der Waals surface area contributed by atoms with Crippen molar-refractivity contribution in [1.29, 1.82) is 0 Å². The van der Waals surface area contributed by atoms with Crippen LogP contribution < -0.4 is 10.1 Å². The van der Waals surface area contributed by atoms with E-state index in [0.29, 0.717) is 23.6 Å². The molecule has 0 bridgehead atoms. The molecule has 2 aromatic carbocycles. The highest BCUT2D eigenvalue weighted by Gasteiger charge is 2.39. The van der Waals surface area contributed by atoms with Crippen LogP contribution in [0.25, 0.3) is 5.57 Å². The summed E-state index contributed by atoms with van der Waals surface area (Å²) >= 11 is 0. The fourth-order valence-electron chi connectivity index (χ4n) is 3.21. The number of nitrogens with one attached hydrogen (secondary N) is 1. The maximum absolute atomic E-state index is 12.9. The van der Waals surface area contributed by atoms with Gasteiger partial charge in [0.05, 0.1) is 18.4 Å². The van der Waals surface area contributed by atoms with E-state index in [9.17, 15) is 9.59 Å². The molecule has 2 aromatic rings. The average Bonchev–Trinajstić information content (AvgIpc) is 2.85. The van der Waals surface area contributed by atoms with E-state index in [4.69, 9.17) is 4.74 Å². The van der Waals surface area contributed by atoms with Crippen LogP contribution in [0.4, 0.5) is 5.69 Å². The lowest BCUT2D eigenvalue weighted by atomic mass is 9.97. The molecule has 1 heterocycles. The molecule has 0 unspecified atom stereocenters. The maximum Gasteiger partial charge on any atom is 0.278 e. The number of ether oxygens (including phenoxy) is 1. The molecule has 0 saturated carbocycles. The number of carbonyl (C=O) groups excluding carboxylic acids is 2. The summed E-state index contributed by atoms with van der Waals surface area (Å²) in [7, 11) is 1.57. The highest BCUT2D eigenvalue weighted by Crippen LogP contribution is 2.34. The molecule has 0 saturated heterocycles. The van der Waals surface area contributed by atoms with Gasteiger partial charge in [-0.05, 0) is 44.0 Å². The van der Waals surface area contributed by atoms with Gasteiger partial charge in [-0.3, -0.25) is 14.5 Å². The largest absolute Gasteiger partial charge is 0.495 e. The van der Waals surface area contributed by atoms with E-state index in [-0.39, 0.29) is 17.5 Å². The summed E-state index contributed by atoms with van der Waals surface area (Å²) in [6.07, 6.45) is 0. The topological polar surface area (TPSA) is 58.6 Å². The van der Waals surface area contributed by atoms with Crippen LogP contribution in [0.5, 0.6) is 5.75 Å². The van der Waals surface area contributed by atoms with Gasteiger partial charge in [-0.2, -0.15) is 0 Å². The number of methoxy groups -OCH3 is 1. The van der Waals surface area contributed by atoms with E-state index < -0.39 is 0 Å². The highest BCUT2D eigenvalue weighted by atomic mass is 16.5. The van der Waals surface area contributed by atoms with Crippen LogP contribution >= 0.6 is 0 Å². The molecule has 0 fully saturated rings. The molecule has 1 N–H and O–H groups in total. The molecule has 0 aliphatic carbocycles. The van der Waals surface area contributed by atoms with Gasteiger partial charge < -0.3 is 10.1 Å². The number of aryl methyl sites for hydroxylation is 2. The second-order valence-electron chi connectivity index (χ2n) is 6.25. The minimum atomic E-state index is -0.321. The number of carbonyl (C=O) groups is 2. The van der Waals surface area contributed by atoms with E-state index in [1.165, 1.54) is 4.90 Å².